The first kappa shape index (κ1) is 11.0. The number of hydrogen-bond donors (Lipinski definition) is 2. The van der Waals surface area contributed by atoms with Gasteiger partial charge in [-0.05, 0) is 41.9 Å². The molecular formula is C10H12BrNO2. The third-order valence-corrected chi connectivity index (χ3v) is 2.33. The highest BCUT2D eigenvalue weighted by Crippen LogP contribution is 2.25. The quantitative estimate of drug-likeness (QED) is 0.876. The van der Waals surface area contributed by atoms with Gasteiger partial charge in [0.1, 0.15) is 0 Å². The van der Waals surface area contributed by atoms with E-state index in [-0.39, 0.29) is 11.6 Å². The van der Waals surface area contributed by atoms with Crippen LogP contribution in [0.25, 0.3) is 0 Å². The van der Waals surface area contributed by atoms with Gasteiger partial charge in [-0.15, -0.1) is 0 Å². The molecule has 0 aliphatic rings. The molecule has 0 saturated carbocycles. The number of aromatic carboxylic acids is 1. The van der Waals surface area contributed by atoms with Crippen molar-refractivity contribution < 1.29 is 9.90 Å². The zero-order chi connectivity index (χ0) is 10.7. The molecule has 0 heterocycles. The topological polar surface area (TPSA) is 49.3 Å². The lowest BCUT2D eigenvalue weighted by Crippen LogP contribution is -2.13. The van der Waals surface area contributed by atoms with E-state index in [2.05, 4.69) is 21.2 Å². The molecule has 0 bridgehead atoms. The maximum Gasteiger partial charge on any atom is 0.338 e. The molecule has 3 nitrogen and oxygen atoms in total. The molecule has 4 heteroatoms. The fraction of sp³-hybridized carbons (Fsp3) is 0.300. The summed E-state index contributed by atoms with van der Waals surface area (Å²) in [5.41, 5.74) is 0.920. The molecule has 1 rings (SSSR count). The number of anilines is 1. The molecule has 0 aliphatic carbocycles. The van der Waals surface area contributed by atoms with Crippen LogP contribution >= 0.6 is 15.9 Å². The van der Waals surface area contributed by atoms with Gasteiger partial charge in [0.15, 0.2) is 0 Å². The number of rotatable bonds is 3. The van der Waals surface area contributed by atoms with Crippen molar-refractivity contribution in [3.63, 3.8) is 0 Å². The van der Waals surface area contributed by atoms with Crippen molar-refractivity contribution in [2.24, 2.45) is 0 Å². The van der Waals surface area contributed by atoms with Gasteiger partial charge in [0.05, 0.1) is 11.3 Å². The average molecular weight is 258 g/mol. The highest BCUT2D eigenvalue weighted by atomic mass is 79.9. The van der Waals surface area contributed by atoms with Gasteiger partial charge >= 0.3 is 5.97 Å². The second-order valence-corrected chi connectivity index (χ2v) is 4.12. The minimum Gasteiger partial charge on any atom is -0.478 e. The zero-order valence-electron chi connectivity index (χ0n) is 8.04. The van der Waals surface area contributed by atoms with Gasteiger partial charge in [-0.1, -0.05) is 6.07 Å². The lowest BCUT2D eigenvalue weighted by Gasteiger charge is -2.13. The summed E-state index contributed by atoms with van der Waals surface area (Å²) >= 11 is 3.22. The predicted octanol–water partition coefficient (Wildman–Crippen LogP) is 2.97. The first-order chi connectivity index (χ1) is 6.52. The van der Waals surface area contributed by atoms with Crippen LogP contribution in [0.5, 0.6) is 0 Å². The molecule has 0 saturated heterocycles. The van der Waals surface area contributed by atoms with Crippen LogP contribution in [0.2, 0.25) is 0 Å². The summed E-state index contributed by atoms with van der Waals surface area (Å²) in [5, 5.41) is 12.1. The third-order valence-electron chi connectivity index (χ3n) is 1.67. The van der Waals surface area contributed by atoms with Gasteiger partial charge in [-0.2, -0.15) is 0 Å². The number of hydrogen-bond acceptors (Lipinski definition) is 2. The summed E-state index contributed by atoms with van der Waals surface area (Å²) in [7, 11) is 0. The van der Waals surface area contributed by atoms with E-state index in [9.17, 15) is 4.79 Å². The minimum atomic E-state index is -0.930. The fourth-order valence-electron chi connectivity index (χ4n) is 1.17. The molecule has 0 radical (unpaired) electrons. The van der Waals surface area contributed by atoms with Crippen LogP contribution in [0.1, 0.15) is 24.2 Å². The highest BCUT2D eigenvalue weighted by molar-refractivity contribution is 9.10. The molecule has 76 valence electrons. The Labute approximate surface area is 91.3 Å². The summed E-state index contributed by atoms with van der Waals surface area (Å²) in [4.78, 5) is 11.0. The summed E-state index contributed by atoms with van der Waals surface area (Å²) in [6.45, 7) is 3.93. The molecule has 0 amide bonds. The van der Waals surface area contributed by atoms with Gasteiger partial charge in [-0.3, -0.25) is 0 Å². The van der Waals surface area contributed by atoms with E-state index in [1.165, 1.54) is 0 Å². The monoisotopic (exact) mass is 257 g/mol. The lowest BCUT2D eigenvalue weighted by molar-refractivity contribution is 0.0697. The van der Waals surface area contributed by atoms with E-state index in [0.29, 0.717) is 10.2 Å². The number of carboxylic acid groups (broad SMARTS) is 1. The van der Waals surface area contributed by atoms with Gasteiger partial charge in [0, 0.05) is 10.5 Å². The third kappa shape index (κ3) is 2.48. The van der Waals surface area contributed by atoms with Gasteiger partial charge in [-0.25, -0.2) is 4.79 Å². The summed E-state index contributed by atoms with van der Waals surface area (Å²) in [5.74, 6) is -0.930. The average Bonchev–Trinajstić information content (AvgIpc) is 2.01. The van der Waals surface area contributed by atoms with Crippen molar-refractivity contribution >= 4 is 27.6 Å². The number of nitrogens with one attached hydrogen (secondary N) is 1. The Morgan fingerprint density at radius 3 is 2.64 bits per heavy atom. The fourth-order valence-corrected chi connectivity index (χ4v) is 1.71. The Balaban J connectivity index is 3.14. The van der Waals surface area contributed by atoms with E-state index >= 15 is 0 Å². The summed E-state index contributed by atoms with van der Waals surface area (Å²) < 4.78 is 0.593. The standard InChI is InChI=1S/C10H12BrNO2/c1-6(2)12-8-5-3-4-7(11)9(8)10(13)14/h3-6,12H,1-2H3,(H,13,14). The number of halogens is 1. The largest absolute Gasteiger partial charge is 0.478 e. The van der Waals surface area contributed by atoms with Crippen molar-refractivity contribution in [2.45, 2.75) is 19.9 Å². The second-order valence-electron chi connectivity index (χ2n) is 3.27. The Hall–Kier alpha value is -1.03. The molecule has 0 spiro atoms. The van der Waals surface area contributed by atoms with E-state index in [1.807, 2.05) is 13.8 Å². The van der Waals surface area contributed by atoms with Crippen LogP contribution in [0, 0.1) is 0 Å². The van der Waals surface area contributed by atoms with Crippen LogP contribution in [-0.2, 0) is 0 Å². The predicted molar refractivity (Wildman–Crippen MR) is 59.9 cm³/mol. The van der Waals surface area contributed by atoms with E-state index < -0.39 is 5.97 Å². The molecule has 0 aliphatic heterocycles. The van der Waals surface area contributed by atoms with Crippen LogP contribution in [0.4, 0.5) is 5.69 Å². The zero-order valence-corrected chi connectivity index (χ0v) is 9.63. The van der Waals surface area contributed by atoms with E-state index in [4.69, 9.17) is 5.11 Å². The Morgan fingerprint density at radius 2 is 2.14 bits per heavy atom. The maximum atomic E-state index is 11.0. The molecule has 1 aromatic carbocycles. The van der Waals surface area contributed by atoms with Crippen molar-refractivity contribution in [3.05, 3.63) is 28.2 Å². The minimum absolute atomic E-state index is 0.211. The van der Waals surface area contributed by atoms with Crippen LogP contribution in [-0.4, -0.2) is 17.1 Å². The summed E-state index contributed by atoms with van der Waals surface area (Å²) in [6.07, 6.45) is 0. The smallest absolute Gasteiger partial charge is 0.338 e. The lowest BCUT2D eigenvalue weighted by atomic mass is 10.1. The van der Waals surface area contributed by atoms with E-state index in [1.54, 1.807) is 18.2 Å². The molecule has 0 unspecified atom stereocenters. The molecule has 0 atom stereocenters. The van der Waals surface area contributed by atoms with E-state index in [0.717, 1.165) is 0 Å². The van der Waals surface area contributed by atoms with Crippen molar-refractivity contribution in [1.29, 1.82) is 0 Å². The molecular weight excluding hydrogens is 246 g/mol. The molecule has 1 aromatic rings. The SMILES string of the molecule is CC(C)Nc1cccc(Br)c1C(=O)O. The Bertz CT molecular complexity index is 350. The van der Waals surface area contributed by atoms with Crippen molar-refractivity contribution in [1.82, 2.24) is 0 Å². The maximum absolute atomic E-state index is 11.0. The van der Waals surface area contributed by atoms with Crippen LogP contribution in [0.3, 0.4) is 0 Å². The second kappa shape index (κ2) is 4.46. The molecule has 14 heavy (non-hydrogen) atoms. The normalized spacial score (nSPS) is 10.3. The van der Waals surface area contributed by atoms with Crippen LogP contribution in [0.15, 0.2) is 22.7 Å². The Kier molecular flexibility index (Phi) is 3.52. The van der Waals surface area contributed by atoms with Gasteiger partial charge in [0.25, 0.3) is 0 Å². The Morgan fingerprint density at radius 1 is 1.50 bits per heavy atom. The number of carboxylic acids is 1. The number of carbonyl (C=O) groups is 1. The first-order valence-electron chi connectivity index (χ1n) is 4.30. The van der Waals surface area contributed by atoms with Crippen LogP contribution < -0.4 is 5.32 Å². The van der Waals surface area contributed by atoms with Gasteiger partial charge in [0.2, 0.25) is 0 Å². The highest BCUT2D eigenvalue weighted by Gasteiger charge is 2.13. The van der Waals surface area contributed by atoms with Crippen molar-refractivity contribution in [2.75, 3.05) is 5.32 Å². The first-order valence-corrected chi connectivity index (χ1v) is 5.10. The molecule has 2 N–H and O–H groups in total. The number of benzene rings is 1. The van der Waals surface area contributed by atoms with Gasteiger partial charge < -0.3 is 10.4 Å². The van der Waals surface area contributed by atoms with Crippen molar-refractivity contribution in [3.8, 4) is 0 Å². The molecule has 0 fully saturated rings. The summed E-state index contributed by atoms with van der Waals surface area (Å²) in [6, 6.07) is 5.49. The molecule has 0 aromatic heterocycles.